The number of carbonyl (C=O) groups excluding carboxylic acids is 1. The molecule has 0 spiro atoms. The van der Waals surface area contributed by atoms with Gasteiger partial charge in [0.2, 0.25) is 0 Å². The molecule has 1 atom stereocenters. The predicted molar refractivity (Wildman–Crippen MR) is 89.5 cm³/mol. The van der Waals surface area contributed by atoms with Crippen molar-refractivity contribution in [3.8, 4) is 0 Å². The largest absolute Gasteiger partial charge is 0.370 e. The Kier molecular flexibility index (Phi) is 2.98. The van der Waals surface area contributed by atoms with Crippen molar-refractivity contribution in [1.29, 1.82) is 0 Å². The van der Waals surface area contributed by atoms with Crippen molar-refractivity contribution in [2.45, 2.75) is 51.1 Å². The second-order valence-electron chi connectivity index (χ2n) is 8.45. The van der Waals surface area contributed by atoms with Gasteiger partial charge in [-0.2, -0.15) is 0 Å². The van der Waals surface area contributed by atoms with E-state index in [1.54, 1.807) is 0 Å². The van der Waals surface area contributed by atoms with E-state index in [1.807, 2.05) is 12.4 Å². The van der Waals surface area contributed by atoms with E-state index >= 15 is 0 Å². The summed E-state index contributed by atoms with van der Waals surface area (Å²) in [5.74, 6) is 2.65. The maximum absolute atomic E-state index is 12.6. The Morgan fingerprint density at radius 2 is 1.65 bits per heavy atom. The molecule has 1 amide bonds. The van der Waals surface area contributed by atoms with Crippen molar-refractivity contribution < 1.29 is 4.79 Å². The maximum Gasteiger partial charge on any atom is 0.252 e. The third-order valence-corrected chi connectivity index (χ3v) is 6.78. The molecule has 4 nitrogen and oxygen atoms in total. The highest BCUT2D eigenvalue weighted by Gasteiger charge is 2.53. The number of hydrogen-bond acceptors (Lipinski definition) is 3. The molecule has 4 heteroatoms. The van der Waals surface area contributed by atoms with Gasteiger partial charge < -0.3 is 10.6 Å². The van der Waals surface area contributed by atoms with Crippen LogP contribution in [0.4, 0.5) is 0 Å². The van der Waals surface area contributed by atoms with Crippen molar-refractivity contribution in [2.24, 2.45) is 34.1 Å². The number of allylic oxidation sites excluding steroid dienone is 1. The summed E-state index contributed by atoms with van der Waals surface area (Å²) in [7, 11) is 0. The molecule has 4 saturated carbocycles. The van der Waals surface area contributed by atoms with Crippen molar-refractivity contribution in [3.05, 3.63) is 24.6 Å². The fourth-order valence-corrected chi connectivity index (χ4v) is 6.19. The molecule has 0 radical (unpaired) electrons. The van der Waals surface area contributed by atoms with Gasteiger partial charge in [-0.05, 0) is 62.4 Å². The highest BCUT2D eigenvalue weighted by molar-refractivity contribution is 6.09. The lowest BCUT2D eigenvalue weighted by Gasteiger charge is -2.57. The number of hydrogen-bond donors (Lipinski definition) is 2. The molecule has 0 aromatic heterocycles. The van der Waals surface area contributed by atoms with Crippen LogP contribution in [0.15, 0.2) is 29.5 Å². The SMILES string of the molecule is O=C1N=C(C23CC4CC(CC(C4)C2)C3)C=CC1CC1NC=CN1. The summed E-state index contributed by atoms with van der Waals surface area (Å²) in [5.41, 5.74) is 1.35. The molecule has 2 aliphatic heterocycles. The number of amides is 1. The smallest absolute Gasteiger partial charge is 0.252 e. The number of nitrogens with one attached hydrogen (secondary N) is 2. The highest BCUT2D eigenvalue weighted by Crippen LogP contribution is 2.60. The Labute approximate surface area is 137 Å². The van der Waals surface area contributed by atoms with Gasteiger partial charge in [0.15, 0.2) is 0 Å². The van der Waals surface area contributed by atoms with Crippen LogP contribution in [0.1, 0.15) is 44.9 Å². The summed E-state index contributed by atoms with van der Waals surface area (Å²) in [4.78, 5) is 17.2. The minimum Gasteiger partial charge on any atom is -0.370 e. The maximum atomic E-state index is 12.6. The molecule has 23 heavy (non-hydrogen) atoms. The predicted octanol–water partition coefficient (Wildman–Crippen LogP) is 2.74. The van der Waals surface area contributed by atoms with E-state index in [0.29, 0.717) is 0 Å². The van der Waals surface area contributed by atoms with E-state index in [2.05, 4.69) is 27.8 Å². The third-order valence-electron chi connectivity index (χ3n) is 6.78. The Hall–Kier alpha value is -1.58. The second-order valence-corrected chi connectivity index (χ2v) is 8.45. The zero-order chi connectivity index (χ0) is 15.4. The van der Waals surface area contributed by atoms with Gasteiger partial charge >= 0.3 is 0 Å². The van der Waals surface area contributed by atoms with E-state index in [4.69, 9.17) is 0 Å². The van der Waals surface area contributed by atoms with E-state index in [0.717, 1.165) is 29.9 Å². The number of dihydropyridines is 1. The van der Waals surface area contributed by atoms with Crippen LogP contribution < -0.4 is 10.6 Å². The fourth-order valence-electron chi connectivity index (χ4n) is 6.19. The summed E-state index contributed by atoms with van der Waals surface area (Å²) in [6, 6.07) is 0. The summed E-state index contributed by atoms with van der Waals surface area (Å²) < 4.78 is 0. The Morgan fingerprint density at radius 3 is 2.22 bits per heavy atom. The average molecular weight is 311 g/mol. The Morgan fingerprint density at radius 1 is 1.04 bits per heavy atom. The van der Waals surface area contributed by atoms with E-state index < -0.39 is 0 Å². The van der Waals surface area contributed by atoms with Crippen molar-refractivity contribution in [2.75, 3.05) is 0 Å². The average Bonchev–Trinajstić information content (AvgIpc) is 3.01. The van der Waals surface area contributed by atoms with E-state index in [-0.39, 0.29) is 23.4 Å². The highest BCUT2D eigenvalue weighted by atomic mass is 16.1. The topological polar surface area (TPSA) is 53.5 Å². The lowest BCUT2D eigenvalue weighted by atomic mass is 9.48. The number of nitrogens with zero attached hydrogens (tertiary/aromatic N) is 1. The molecule has 4 bridgehead atoms. The molecule has 4 aliphatic carbocycles. The molecule has 2 N–H and O–H groups in total. The van der Waals surface area contributed by atoms with Gasteiger partial charge in [0.05, 0.1) is 17.8 Å². The monoisotopic (exact) mass is 311 g/mol. The molecule has 0 aromatic rings. The molecule has 2 heterocycles. The summed E-state index contributed by atoms with van der Waals surface area (Å²) in [6.07, 6.45) is 17.1. The molecule has 1 unspecified atom stereocenters. The van der Waals surface area contributed by atoms with Crippen LogP contribution in [0.5, 0.6) is 0 Å². The van der Waals surface area contributed by atoms with Crippen LogP contribution in [0.2, 0.25) is 0 Å². The van der Waals surface area contributed by atoms with Gasteiger partial charge in [0.25, 0.3) is 5.91 Å². The lowest BCUT2D eigenvalue weighted by molar-refractivity contribution is -0.120. The van der Waals surface area contributed by atoms with Gasteiger partial charge in [0, 0.05) is 24.2 Å². The van der Waals surface area contributed by atoms with Gasteiger partial charge in [-0.15, -0.1) is 0 Å². The van der Waals surface area contributed by atoms with Crippen LogP contribution in [-0.4, -0.2) is 17.8 Å². The first kappa shape index (κ1) is 13.8. The number of aliphatic imine (C=N–C) groups is 1. The molecular formula is C19H25N3O. The van der Waals surface area contributed by atoms with Crippen LogP contribution in [0.25, 0.3) is 0 Å². The van der Waals surface area contributed by atoms with Crippen LogP contribution in [0.3, 0.4) is 0 Å². The van der Waals surface area contributed by atoms with Gasteiger partial charge in [-0.3, -0.25) is 4.79 Å². The molecule has 4 fully saturated rings. The van der Waals surface area contributed by atoms with Crippen molar-refractivity contribution in [3.63, 3.8) is 0 Å². The molecule has 122 valence electrons. The first-order valence-corrected chi connectivity index (χ1v) is 9.18. The standard InChI is InChI=1S/C19H25N3O/c23-18-15(8-17-20-3-4-21-17)1-2-16(22-18)19-9-12-5-13(10-19)7-14(6-12)11-19/h1-4,12-15,17,20-21H,5-11H2. The quantitative estimate of drug-likeness (QED) is 0.842. The first-order chi connectivity index (χ1) is 11.2. The number of carbonyl (C=O) groups is 1. The van der Waals surface area contributed by atoms with E-state index in [9.17, 15) is 4.79 Å². The summed E-state index contributed by atoms with van der Waals surface area (Å²) in [5, 5.41) is 6.44. The minimum atomic E-state index is -0.0856. The summed E-state index contributed by atoms with van der Waals surface area (Å²) >= 11 is 0. The zero-order valence-corrected chi connectivity index (χ0v) is 13.5. The van der Waals surface area contributed by atoms with E-state index in [1.165, 1.54) is 38.5 Å². The second kappa shape index (κ2) is 4.96. The minimum absolute atomic E-state index is 0.0637. The Bertz CT molecular complexity index is 575. The normalized spacial score (nSPS) is 44.3. The molecule has 0 aromatic carbocycles. The molecular weight excluding hydrogens is 286 g/mol. The van der Waals surface area contributed by atoms with Gasteiger partial charge in [-0.25, -0.2) is 4.99 Å². The van der Waals surface area contributed by atoms with Crippen LogP contribution >= 0.6 is 0 Å². The molecule has 6 aliphatic rings. The first-order valence-electron chi connectivity index (χ1n) is 9.18. The van der Waals surface area contributed by atoms with Gasteiger partial charge in [0.1, 0.15) is 0 Å². The third kappa shape index (κ3) is 2.26. The Balaban J connectivity index is 1.34. The van der Waals surface area contributed by atoms with Crippen LogP contribution in [-0.2, 0) is 4.79 Å². The lowest BCUT2D eigenvalue weighted by Crippen LogP contribution is -2.50. The zero-order valence-electron chi connectivity index (χ0n) is 13.5. The summed E-state index contributed by atoms with van der Waals surface area (Å²) in [6.45, 7) is 0. The number of rotatable bonds is 3. The molecule has 6 rings (SSSR count). The van der Waals surface area contributed by atoms with Gasteiger partial charge in [-0.1, -0.05) is 6.08 Å². The molecule has 0 saturated heterocycles. The van der Waals surface area contributed by atoms with Crippen molar-refractivity contribution in [1.82, 2.24) is 10.6 Å². The van der Waals surface area contributed by atoms with Crippen LogP contribution in [0, 0.1) is 29.1 Å². The van der Waals surface area contributed by atoms with Crippen molar-refractivity contribution >= 4 is 11.6 Å². The fraction of sp³-hybridized carbons (Fsp3) is 0.684.